The van der Waals surface area contributed by atoms with Gasteiger partial charge in [-0.15, -0.1) is 0 Å². The molecular formula is C13H20N2O5. The zero-order valence-corrected chi connectivity index (χ0v) is 11.5. The van der Waals surface area contributed by atoms with E-state index in [1.165, 1.54) is 13.2 Å². The lowest BCUT2D eigenvalue weighted by Gasteiger charge is -2.13. The largest absolute Gasteiger partial charge is 0.480 e. The highest BCUT2D eigenvalue weighted by Gasteiger charge is 2.19. The van der Waals surface area contributed by atoms with Crippen molar-refractivity contribution in [2.24, 2.45) is 0 Å². The molecule has 7 heteroatoms. The summed E-state index contributed by atoms with van der Waals surface area (Å²) < 4.78 is 4.35. The van der Waals surface area contributed by atoms with Gasteiger partial charge in [0.2, 0.25) is 5.91 Å². The molecule has 0 saturated carbocycles. The lowest BCUT2D eigenvalue weighted by Crippen LogP contribution is -2.40. The molecule has 1 aliphatic heterocycles. The number of rotatable bonds is 6. The SMILES string of the molecule is COC(=O)N[C@@H](CC/C=C/C(=O)N1CCCC1)C(=O)O. The van der Waals surface area contributed by atoms with E-state index in [0.29, 0.717) is 6.42 Å². The molecule has 1 saturated heterocycles. The lowest BCUT2D eigenvalue weighted by molar-refractivity contribution is -0.139. The van der Waals surface area contributed by atoms with Gasteiger partial charge in [-0.05, 0) is 31.8 Å². The van der Waals surface area contributed by atoms with E-state index in [1.807, 2.05) is 0 Å². The molecule has 1 heterocycles. The fraction of sp³-hybridized carbons (Fsp3) is 0.615. The van der Waals surface area contributed by atoms with Crippen molar-refractivity contribution >= 4 is 18.0 Å². The number of amides is 2. The van der Waals surface area contributed by atoms with E-state index >= 15 is 0 Å². The first-order valence-corrected chi connectivity index (χ1v) is 6.57. The van der Waals surface area contributed by atoms with Crippen LogP contribution in [0.4, 0.5) is 4.79 Å². The molecule has 1 atom stereocenters. The monoisotopic (exact) mass is 284 g/mol. The maximum Gasteiger partial charge on any atom is 0.407 e. The first-order chi connectivity index (χ1) is 9.54. The van der Waals surface area contributed by atoms with Crippen molar-refractivity contribution in [1.82, 2.24) is 10.2 Å². The Labute approximate surface area is 117 Å². The number of likely N-dealkylation sites (tertiary alicyclic amines) is 1. The Morgan fingerprint density at radius 2 is 2.00 bits per heavy atom. The predicted octanol–water partition coefficient (Wildman–Crippen LogP) is 0.754. The van der Waals surface area contributed by atoms with Gasteiger partial charge in [-0.3, -0.25) is 4.79 Å². The molecular weight excluding hydrogens is 264 g/mol. The highest BCUT2D eigenvalue weighted by atomic mass is 16.5. The fourth-order valence-corrected chi connectivity index (χ4v) is 1.95. The van der Waals surface area contributed by atoms with Crippen molar-refractivity contribution in [3.8, 4) is 0 Å². The Kier molecular flexibility index (Phi) is 6.55. The minimum absolute atomic E-state index is 0.0460. The van der Waals surface area contributed by atoms with Gasteiger partial charge >= 0.3 is 12.1 Å². The average Bonchev–Trinajstić information content (AvgIpc) is 2.95. The first kappa shape index (κ1) is 16.0. The molecule has 0 radical (unpaired) electrons. The highest BCUT2D eigenvalue weighted by Crippen LogP contribution is 2.08. The van der Waals surface area contributed by atoms with Crippen LogP contribution in [-0.4, -0.2) is 54.2 Å². The van der Waals surface area contributed by atoms with Crippen molar-refractivity contribution in [3.05, 3.63) is 12.2 Å². The van der Waals surface area contributed by atoms with Crippen LogP contribution in [0.25, 0.3) is 0 Å². The zero-order chi connectivity index (χ0) is 15.0. The number of carboxylic acid groups (broad SMARTS) is 1. The van der Waals surface area contributed by atoms with E-state index in [9.17, 15) is 14.4 Å². The second kappa shape index (κ2) is 8.19. The summed E-state index contributed by atoms with van der Waals surface area (Å²) in [6.45, 7) is 1.57. The third-order valence-corrected chi connectivity index (χ3v) is 3.08. The summed E-state index contributed by atoms with van der Waals surface area (Å²) in [5.74, 6) is -1.18. The van der Waals surface area contributed by atoms with Gasteiger partial charge in [0.25, 0.3) is 0 Å². The van der Waals surface area contributed by atoms with E-state index in [1.54, 1.807) is 11.0 Å². The van der Waals surface area contributed by atoms with E-state index in [4.69, 9.17) is 5.11 Å². The lowest BCUT2D eigenvalue weighted by atomic mass is 10.1. The zero-order valence-electron chi connectivity index (χ0n) is 11.5. The Morgan fingerprint density at radius 1 is 1.35 bits per heavy atom. The van der Waals surface area contributed by atoms with Crippen LogP contribution in [0.3, 0.4) is 0 Å². The standard InChI is InChI=1S/C13H20N2O5/c1-20-13(19)14-10(12(17)18)6-2-3-7-11(16)15-8-4-5-9-15/h3,7,10H,2,4-6,8-9H2,1H3,(H,14,19)(H,17,18)/b7-3+/t10-/m0/s1. The van der Waals surface area contributed by atoms with Crippen LogP contribution in [-0.2, 0) is 14.3 Å². The summed E-state index contributed by atoms with van der Waals surface area (Å²) in [4.78, 5) is 35.3. The third-order valence-electron chi connectivity index (χ3n) is 3.08. The summed E-state index contributed by atoms with van der Waals surface area (Å²) in [7, 11) is 1.17. The molecule has 1 aliphatic rings. The summed E-state index contributed by atoms with van der Waals surface area (Å²) in [5, 5.41) is 11.1. The van der Waals surface area contributed by atoms with E-state index in [0.717, 1.165) is 25.9 Å². The summed E-state index contributed by atoms with van der Waals surface area (Å²) >= 11 is 0. The predicted molar refractivity (Wildman–Crippen MR) is 71.2 cm³/mol. The van der Waals surface area contributed by atoms with Crippen LogP contribution in [0.2, 0.25) is 0 Å². The second-order valence-corrected chi connectivity index (χ2v) is 4.54. The Balaban J connectivity index is 2.34. The minimum Gasteiger partial charge on any atom is -0.480 e. The molecule has 2 amide bonds. The number of nitrogens with zero attached hydrogens (tertiary/aromatic N) is 1. The van der Waals surface area contributed by atoms with Crippen LogP contribution in [0.1, 0.15) is 25.7 Å². The number of hydrogen-bond donors (Lipinski definition) is 2. The summed E-state index contributed by atoms with van der Waals surface area (Å²) in [6.07, 6.45) is 4.97. The van der Waals surface area contributed by atoms with Crippen molar-refractivity contribution in [2.45, 2.75) is 31.7 Å². The molecule has 2 N–H and O–H groups in total. The average molecular weight is 284 g/mol. The minimum atomic E-state index is -1.13. The maximum atomic E-state index is 11.7. The Hall–Kier alpha value is -2.05. The van der Waals surface area contributed by atoms with Crippen LogP contribution in [0.15, 0.2) is 12.2 Å². The van der Waals surface area contributed by atoms with Crippen molar-refractivity contribution in [2.75, 3.05) is 20.2 Å². The maximum absolute atomic E-state index is 11.7. The summed E-state index contributed by atoms with van der Waals surface area (Å²) in [5.41, 5.74) is 0. The number of carboxylic acids is 1. The normalized spacial score (nSPS) is 16.1. The third kappa shape index (κ3) is 5.29. The van der Waals surface area contributed by atoms with Crippen LogP contribution in [0, 0.1) is 0 Å². The number of carbonyl (C=O) groups excluding carboxylic acids is 2. The molecule has 0 bridgehead atoms. The molecule has 0 unspecified atom stereocenters. The number of allylic oxidation sites excluding steroid dienone is 1. The first-order valence-electron chi connectivity index (χ1n) is 6.57. The molecule has 0 aromatic heterocycles. The number of carbonyl (C=O) groups is 3. The van der Waals surface area contributed by atoms with Crippen LogP contribution < -0.4 is 5.32 Å². The van der Waals surface area contributed by atoms with Gasteiger partial charge < -0.3 is 20.1 Å². The topological polar surface area (TPSA) is 95.9 Å². The number of methoxy groups -OCH3 is 1. The Bertz CT molecular complexity index is 388. The van der Waals surface area contributed by atoms with E-state index in [-0.39, 0.29) is 12.3 Å². The highest BCUT2D eigenvalue weighted by molar-refractivity contribution is 5.87. The summed E-state index contributed by atoms with van der Waals surface area (Å²) in [6, 6.07) is -1.02. The molecule has 112 valence electrons. The number of aliphatic carboxylic acids is 1. The Morgan fingerprint density at radius 3 is 2.55 bits per heavy atom. The van der Waals surface area contributed by atoms with Gasteiger partial charge in [0, 0.05) is 13.1 Å². The van der Waals surface area contributed by atoms with Crippen LogP contribution in [0.5, 0.6) is 0 Å². The van der Waals surface area contributed by atoms with Gasteiger partial charge in [-0.25, -0.2) is 9.59 Å². The van der Waals surface area contributed by atoms with Gasteiger partial charge in [-0.2, -0.15) is 0 Å². The molecule has 7 nitrogen and oxygen atoms in total. The molecule has 0 aromatic rings. The number of hydrogen-bond acceptors (Lipinski definition) is 4. The number of alkyl carbamates (subject to hydrolysis) is 1. The molecule has 0 aromatic carbocycles. The van der Waals surface area contributed by atoms with Gasteiger partial charge in [0.15, 0.2) is 0 Å². The second-order valence-electron chi connectivity index (χ2n) is 4.54. The van der Waals surface area contributed by atoms with E-state index < -0.39 is 18.1 Å². The van der Waals surface area contributed by atoms with Gasteiger partial charge in [0.1, 0.15) is 6.04 Å². The molecule has 1 rings (SSSR count). The van der Waals surface area contributed by atoms with Gasteiger partial charge in [0.05, 0.1) is 7.11 Å². The number of nitrogens with one attached hydrogen (secondary N) is 1. The van der Waals surface area contributed by atoms with Crippen molar-refractivity contribution in [3.63, 3.8) is 0 Å². The van der Waals surface area contributed by atoms with Crippen molar-refractivity contribution < 1.29 is 24.2 Å². The van der Waals surface area contributed by atoms with Gasteiger partial charge in [-0.1, -0.05) is 6.08 Å². The van der Waals surface area contributed by atoms with Crippen LogP contribution >= 0.6 is 0 Å². The molecule has 1 fully saturated rings. The quantitative estimate of drug-likeness (QED) is 0.702. The molecule has 20 heavy (non-hydrogen) atoms. The van der Waals surface area contributed by atoms with Crippen molar-refractivity contribution in [1.29, 1.82) is 0 Å². The molecule has 0 aliphatic carbocycles. The number of ether oxygens (including phenoxy) is 1. The smallest absolute Gasteiger partial charge is 0.407 e. The fourth-order valence-electron chi connectivity index (χ4n) is 1.95. The van der Waals surface area contributed by atoms with E-state index in [2.05, 4.69) is 10.1 Å². The molecule has 0 spiro atoms.